The Hall–Kier alpha value is -0.560. The summed E-state index contributed by atoms with van der Waals surface area (Å²) >= 11 is 3.10. The third-order valence-corrected chi connectivity index (χ3v) is 2.13. The Bertz CT molecular complexity index is 187. The summed E-state index contributed by atoms with van der Waals surface area (Å²) in [5.41, 5.74) is 0. The van der Waals surface area contributed by atoms with Gasteiger partial charge in [0.05, 0.1) is 12.5 Å². The number of hydrogen-bond acceptors (Lipinski definition) is 2. The van der Waals surface area contributed by atoms with E-state index in [4.69, 9.17) is 10.4 Å². The fourth-order valence-electron chi connectivity index (χ4n) is 0.820. The normalized spacial score (nSPS) is 15.0. The molecule has 1 unspecified atom stereocenters. The molecular weight excluding hydrogens is 210 g/mol. The number of carboxylic acid groups (broad SMARTS) is 1. The van der Waals surface area contributed by atoms with E-state index in [0.29, 0.717) is 6.42 Å². The van der Waals surface area contributed by atoms with Gasteiger partial charge in [-0.15, -0.1) is 0 Å². The first-order valence-electron chi connectivity index (χ1n) is 3.36. The molecule has 0 heterocycles. The van der Waals surface area contributed by atoms with Gasteiger partial charge < -0.3 is 5.11 Å². The summed E-state index contributed by atoms with van der Waals surface area (Å²) in [7, 11) is 0. The maximum absolute atomic E-state index is 10.3. The molecule has 0 spiro atoms. The molecule has 0 bridgehead atoms. The largest absolute Gasteiger partial charge is 0.481 e. The van der Waals surface area contributed by atoms with E-state index in [2.05, 4.69) is 15.9 Å². The molecule has 3 nitrogen and oxygen atoms in total. The Labute approximate surface area is 74.1 Å². The van der Waals surface area contributed by atoms with E-state index in [9.17, 15) is 4.79 Å². The first kappa shape index (κ1) is 10.4. The second-order valence-electron chi connectivity index (χ2n) is 2.40. The summed E-state index contributed by atoms with van der Waals surface area (Å²) in [6.45, 7) is 1.91. The van der Waals surface area contributed by atoms with Crippen LogP contribution in [0.1, 0.15) is 26.2 Å². The lowest BCUT2D eigenvalue weighted by Gasteiger charge is -2.14. The summed E-state index contributed by atoms with van der Waals surface area (Å²) in [5.74, 6) is -0.947. The molecule has 0 saturated carbocycles. The summed E-state index contributed by atoms with van der Waals surface area (Å²) in [4.78, 5) is 10.3. The van der Waals surface area contributed by atoms with E-state index >= 15 is 0 Å². The van der Waals surface area contributed by atoms with E-state index in [1.807, 2.05) is 13.0 Å². The van der Waals surface area contributed by atoms with Gasteiger partial charge >= 0.3 is 5.97 Å². The van der Waals surface area contributed by atoms with Gasteiger partial charge in [-0.3, -0.25) is 4.79 Å². The van der Waals surface area contributed by atoms with Gasteiger partial charge in [-0.05, 0) is 6.42 Å². The second kappa shape index (κ2) is 4.35. The Morgan fingerprint density at radius 3 is 2.64 bits per heavy atom. The van der Waals surface area contributed by atoms with Crippen LogP contribution in [0.2, 0.25) is 0 Å². The van der Waals surface area contributed by atoms with Crippen LogP contribution < -0.4 is 0 Å². The predicted molar refractivity (Wildman–Crippen MR) is 44.4 cm³/mol. The van der Waals surface area contributed by atoms with Gasteiger partial charge in [0.15, 0.2) is 0 Å². The molecule has 0 aromatic carbocycles. The predicted octanol–water partition coefficient (Wildman–Crippen LogP) is 1.92. The van der Waals surface area contributed by atoms with E-state index in [0.717, 1.165) is 6.42 Å². The molecule has 0 radical (unpaired) electrons. The van der Waals surface area contributed by atoms with Crippen LogP contribution in [-0.2, 0) is 4.79 Å². The molecule has 1 N–H and O–H groups in total. The second-order valence-corrected chi connectivity index (χ2v) is 3.92. The zero-order chi connectivity index (χ0) is 8.91. The molecule has 0 aliphatic heterocycles. The monoisotopic (exact) mass is 219 g/mol. The highest BCUT2D eigenvalue weighted by molar-refractivity contribution is 9.10. The van der Waals surface area contributed by atoms with Crippen molar-refractivity contribution in [3.8, 4) is 6.07 Å². The van der Waals surface area contributed by atoms with Crippen LogP contribution in [0.3, 0.4) is 0 Å². The molecule has 1 atom stereocenters. The van der Waals surface area contributed by atoms with Gasteiger partial charge in [0.25, 0.3) is 0 Å². The standard InChI is InChI=1S/C7H10BrNO2/c1-2-3-7(8,5-9)4-6(10)11/h2-4H2,1H3,(H,10,11). The molecule has 0 aromatic heterocycles. The van der Waals surface area contributed by atoms with Crippen molar-refractivity contribution >= 4 is 21.9 Å². The van der Waals surface area contributed by atoms with Crippen molar-refractivity contribution in [2.45, 2.75) is 30.5 Å². The molecule has 0 saturated heterocycles. The molecule has 0 fully saturated rings. The third-order valence-electron chi connectivity index (χ3n) is 1.28. The van der Waals surface area contributed by atoms with Crippen LogP contribution in [-0.4, -0.2) is 15.4 Å². The quantitative estimate of drug-likeness (QED) is 0.736. The lowest BCUT2D eigenvalue weighted by molar-refractivity contribution is -0.137. The van der Waals surface area contributed by atoms with Crippen LogP contribution in [0, 0.1) is 11.3 Å². The number of halogens is 1. The average Bonchev–Trinajstić information content (AvgIpc) is 1.87. The van der Waals surface area contributed by atoms with Crippen molar-refractivity contribution in [2.75, 3.05) is 0 Å². The molecule has 0 aliphatic carbocycles. The zero-order valence-electron chi connectivity index (χ0n) is 6.30. The number of nitrogens with zero attached hydrogens (tertiary/aromatic N) is 1. The number of rotatable bonds is 4. The maximum Gasteiger partial charge on any atom is 0.305 e. The fourth-order valence-corrected chi connectivity index (χ4v) is 1.46. The Morgan fingerprint density at radius 2 is 2.36 bits per heavy atom. The highest BCUT2D eigenvalue weighted by Crippen LogP contribution is 2.27. The first-order chi connectivity index (χ1) is 5.04. The van der Waals surface area contributed by atoms with Crippen molar-refractivity contribution in [3.05, 3.63) is 0 Å². The van der Waals surface area contributed by atoms with Gasteiger partial charge in [-0.25, -0.2) is 0 Å². The molecule has 0 amide bonds. The van der Waals surface area contributed by atoms with Crippen LogP contribution >= 0.6 is 15.9 Å². The van der Waals surface area contributed by atoms with E-state index in [1.165, 1.54) is 0 Å². The lowest BCUT2D eigenvalue weighted by Crippen LogP contribution is -2.22. The molecule has 4 heteroatoms. The molecule has 11 heavy (non-hydrogen) atoms. The van der Waals surface area contributed by atoms with Gasteiger partial charge in [-0.2, -0.15) is 5.26 Å². The number of aliphatic carboxylic acids is 1. The van der Waals surface area contributed by atoms with Gasteiger partial charge in [-0.1, -0.05) is 29.3 Å². The minimum atomic E-state index is -0.947. The zero-order valence-corrected chi connectivity index (χ0v) is 7.89. The van der Waals surface area contributed by atoms with Crippen molar-refractivity contribution in [1.82, 2.24) is 0 Å². The topological polar surface area (TPSA) is 61.1 Å². The molecule has 0 aromatic rings. The Morgan fingerprint density at radius 1 is 1.82 bits per heavy atom. The summed E-state index contributed by atoms with van der Waals surface area (Å²) in [5, 5.41) is 17.0. The SMILES string of the molecule is CCCC(Br)(C#N)CC(=O)O. The average molecular weight is 220 g/mol. The van der Waals surface area contributed by atoms with E-state index < -0.39 is 10.3 Å². The third kappa shape index (κ3) is 3.99. The number of alkyl halides is 1. The first-order valence-corrected chi connectivity index (χ1v) is 4.15. The van der Waals surface area contributed by atoms with Crippen LogP contribution in [0.15, 0.2) is 0 Å². The van der Waals surface area contributed by atoms with E-state index in [-0.39, 0.29) is 6.42 Å². The van der Waals surface area contributed by atoms with Gasteiger partial charge in [0.2, 0.25) is 0 Å². The summed E-state index contributed by atoms with van der Waals surface area (Å²) in [6.07, 6.45) is 1.22. The van der Waals surface area contributed by atoms with Crippen molar-refractivity contribution in [3.63, 3.8) is 0 Å². The number of carbonyl (C=O) groups is 1. The maximum atomic E-state index is 10.3. The van der Waals surface area contributed by atoms with E-state index in [1.54, 1.807) is 0 Å². The molecule has 0 aliphatic rings. The highest BCUT2D eigenvalue weighted by Gasteiger charge is 2.28. The van der Waals surface area contributed by atoms with Crippen LogP contribution in [0.4, 0.5) is 0 Å². The number of hydrogen-bond donors (Lipinski definition) is 1. The van der Waals surface area contributed by atoms with Gasteiger partial charge in [0.1, 0.15) is 4.32 Å². The minimum absolute atomic E-state index is 0.142. The van der Waals surface area contributed by atoms with Crippen molar-refractivity contribution in [1.29, 1.82) is 5.26 Å². The van der Waals surface area contributed by atoms with Gasteiger partial charge in [0, 0.05) is 0 Å². The minimum Gasteiger partial charge on any atom is -0.481 e. The highest BCUT2D eigenvalue weighted by atomic mass is 79.9. The Kier molecular flexibility index (Phi) is 4.12. The van der Waals surface area contributed by atoms with Crippen molar-refractivity contribution in [2.24, 2.45) is 0 Å². The lowest BCUT2D eigenvalue weighted by atomic mass is 10.0. The molecule has 0 rings (SSSR count). The smallest absolute Gasteiger partial charge is 0.305 e. The van der Waals surface area contributed by atoms with Crippen molar-refractivity contribution < 1.29 is 9.90 Å². The van der Waals surface area contributed by atoms with Crippen LogP contribution in [0.25, 0.3) is 0 Å². The summed E-state index contributed by atoms with van der Waals surface area (Å²) < 4.78 is -0.867. The fraction of sp³-hybridized carbons (Fsp3) is 0.714. The number of nitriles is 1. The molecule has 62 valence electrons. The molecular formula is C7H10BrNO2. The number of carboxylic acids is 1. The Balaban J connectivity index is 4.13. The summed E-state index contributed by atoms with van der Waals surface area (Å²) in [6, 6.07) is 1.95. The van der Waals surface area contributed by atoms with Crippen LogP contribution in [0.5, 0.6) is 0 Å².